The third-order valence-electron chi connectivity index (χ3n) is 4.04. The number of esters is 1. The smallest absolute Gasteiger partial charge is 0.310 e. The molecular weight excluding hydrogens is 320 g/mol. The zero-order chi connectivity index (χ0) is 17.8. The molecule has 0 saturated carbocycles. The molecule has 3 rings (SSSR count). The van der Waals surface area contributed by atoms with Crippen LogP contribution in [-0.2, 0) is 22.5 Å². The van der Waals surface area contributed by atoms with E-state index in [9.17, 15) is 14.9 Å². The highest BCUT2D eigenvalue weighted by Gasteiger charge is 2.16. The second-order valence-corrected chi connectivity index (χ2v) is 5.67. The van der Waals surface area contributed by atoms with Crippen LogP contribution in [0.15, 0.2) is 54.7 Å². The number of aromatic nitrogens is 1. The fraction of sp³-hybridized carbons (Fsp3) is 0.211. The minimum atomic E-state index is -0.374. The maximum atomic E-state index is 11.8. The molecule has 1 heterocycles. The van der Waals surface area contributed by atoms with Crippen LogP contribution in [0.4, 0.5) is 5.69 Å². The lowest BCUT2D eigenvalue weighted by Gasteiger charge is -2.06. The fourth-order valence-corrected chi connectivity index (χ4v) is 2.97. The summed E-state index contributed by atoms with van der Waals surface area (Å²) in [6.07, 6.45) is 2.05. The molecule has 0 amide bonds. The van der Waals surface area contributed by atoms with Crippen LogP contribution in [0.5, 0.6) is 0 Å². The molecule has 0 saturated heterocycles. The van der Waals surface area contributed by atoms with Crippen LogP contribution in [0.2, 0.25) is 0 Å². The van der Waals surface area contributed by atoms with Crippen molar-refractivity contribution in [2.45, 2.75) is 19.9 Å². The normalized spacial score (nSPS) is 10.8. The summed E-state index contributed by atoms with van der Waals surface area (Å²) in [6, 6.07) is 14.4. The first-order valence-corrected chi connectivity index (χ1v) is 8.04. The largest absolute Gasteiger partial charge is 0.466 e. The zero-order valence-electron chi connectivity index (χ0n) is 13.8. The number of nitro groups is 1. The summed E-state index contributed by atoms with van der Waals surface area (Å²) in [5.41, 5.74) is 2.50. The Bertz CT molecular complexity index is 930. The Labute approximate surface area is 144 Å². The molecule has 6 heteroatoms. The molecule has 25 heavy (non-hydrogen) atoms. The Morgan fingerprint density at radius 1 is 1.12 bits per heavy atom. The maximum absolute atomic E-state index is 11.8. The van der Waals surface area contributed by atoms with E-state index in [0.717, 1.165) is 16.5 Å². The summed E-state index contributed by atoms with van der Waals surface area (Å²) in [5.74, 6) is -0.281. The highest BCUT2D eigenvalue weighted by Crippen LogP contribution is 2.25. The molecule has 1 aromatic heterocycles. The molecular formula is C19H18N2O4. The highest BCUT2D eigenvalue weighted by molar-refractivity contribution is 5.88. The lowest BCUT2D eigenvalue weighted by atomic mass is 10.1. The SMILES string of the molecule is CCOC(=O)Cc1cn(Cc2ccccc2[N+](=O)[O-])c2ccccc12. The van der Waals surface area contributed by atoms with E-state index >= 15 is 0 Å². The van der Waals surface area contributed by atoms with Gasteiger partial charge >= 0.3 is 5.97 Å². The number of ether oxygens (including phenoxy) is 1. The number of nitro benzene ring substituents is 1. The third-order valence-corrected chi connectivity index (χ3v) is 4.04. The highest BCUT2D eigenvalue weighted by atomic mass is 16.6. The molecule has 0 spiro atoms. The summed E-state index contributed by atoms with van der Waals surface area (Å²) in [4.78, 5) is 22.7. The van der Waals surface area contributed by atoms with Crippen LogP contribution in [0.3, 0.4) is 0 Å². The summed E-state index contributed by atoms with van der Waals surface area (Å²) in [6.45, 7) is 2.48. The van der Waals surface area contributed by atoms with Crippen molar-refractivity contribution in [3.8, 4) is 0 Å². The van der Waals surface area contributed by atoms with Gasteiger partial charge in [0.05, 0.1) is 24.5 Å². The second-order valence-electron chi connectivity index (χ2n) is 5.67. The van der Waals surface area contributed by atoms with E-state index in [0.29, 0.717) is 18.7 Å². The van der Waals surface area contributed by atoms with Crippen molar-refractivity contribution in [3.05, 3.63) is 76.0 Å². The van der Waals surface area contributed by atoms with Crippen LogP contribution in [0, 0.1) is 10.1 Å². The minimum absolute atomic E-state index is 0.0900. The van der Waals surface area contributed by atoms with Gasteiger partial charge in [0.25, 0.3) is 5.69 Å². The van der Waals surface area contributed by atoms with E-state index in [1.54, 1.807) is 25.1 Å². The van der Waals surface area contributed by atoms with Crippen molar-refractivity contribution in [2.24, 2.45) is 0 Å². The standard InChI is InChI=1S/C19H18N2O4/c1-2-25-19(22)11-15-13-20(18-10-6-4-8-16(15)18)12-14-7-3-5-9-17(14)21(23)24/h3-10,13H,2,11-12H2,1H3. The van der Waals surface area contributed by atoms with Gasteiger partial charge in [0.2, 0.25) is 0 Å². The quantitative estimate of drug-likeness (QED) is 0.390. The molecule has 0 radical (unpaired) electrons. The van der Waals surface area contributed by atoms with E-state index in [4.69, 9.17) is 4.74 Å². The number of rotatable bonds is 6. The van der Waals surface area contributed by atoms with Gasteiger partial charge in [-0.1, -0.05) is 36.4 Å². The van der Waals surface area contributed by atoms with E-state index < -0.39 is 0 Å². The van der Waals surface area contributed by atoms with Crippen molar-refractivity contribution in [2.75, 3.05) is 6.61 Å². The summed E-state index contributed by atoms with van der Waals surface area (Å²) in [5, 5.41) is 12.2. The van der Waals surface area contributed by atoms with E-state index in [1.807, 2.05) is 35.0 Å². The van der Waals surface area contributed by atoms with Gasteiger partial charge < -0.3 is 9.30 Å². The van der Waals surface area contributed by atoms with Crippen molar-refractivity contribution in [1.29, 1.82) is 0 Å². The zero-order valence-corrected chi connectivity index (χ0v) is 13.8. The molecule has 128 valence electrons. The molecule has 0 aliphatic heterocycles. The van der Waals surface area contributed by atoms with Crippen LogP contribution in [-0.4, -0.2) is 22.1 Å². The van der Waals surface area contributed by atoms with Crippen LogP contribution < -0.4 is 0 Å². The first kappa shape index (κ1) is 16.7. The summed E-state index contributed by atoms with van der Waals surface area (Å²) in [7, 11) is 0. The summed E-state index contributed by atoms with van der Waals surface area (Å²) < 4.78 is 6.97. The Hall–Kier alpha value is -3.15. The van der Waals surface area contributed by atoms with Crippen molar-refractivity contribution in [1.82, 2.24) is 4.57 Å². The number of hydrogen-bond acceptors (Lipinski definition) is 4. The predicted octanol–water partition coefficient (Wildman–Crippen LogP) is 3.70. The molecule has 0 bridgehead atoms. The summed E-state index contributed by atoms with van der Waals surface area (Å²) >= 11 is 0. The van der Waals surface area contributed by atoms with Crippen molar-refractivity contribution in [3.63, 3.8) is 0 Å². The first-order chi connectivity index (χ1) is 12.1. The topological polar surface area (TPSA) is 74.4 Å². The van der Waals surface area contributed by atoms with Crippen LogP contribution >= 0.6 is 0 Å². The predicted molar refractivity (Wildman–Crippen MR) is 94.5 cm³/mol. The van der Waals surface area contributed by atoms with Gasteiger partial charge in [-0.15, -0.1) is 0 Å². The third kappa shape index (κ3) is 3.52. The number of para-hydroxylation sites is 2. The Balaban J connectivity index is 2.00. The lowest BCUT2D eigenvalue weighted by molar-refractivity contribution is -0.385. The molecule has 0 aliphatic carbocycles. The Morgan fingerprint density at radius 3 is 2.60 bits per heavy atom. The molecule has 0 aliphatic rings. The number of hydrogen-bond donors (Lipinski definition) is 0. The van der Waals surface area contributed by atoms with Crippen LogP contribution in [0.1, 0.15) is 18.1 Å². The van der Waals surface area contributed by atoms with Gasteiger partial charge in [-0.05, 0) is 18.6 Å². The second kappa shape index (κ2) is 7.17. The van der Waals surface area contributed by atoms with Gasteiger partial charge in [-0.25, -0.2) is 0 Å². The number of benzene rings is 2. The van der Waals surface area contributed by atoms with Gasteiger partial charge in [0.1, 0.15) is 0 Å². The van der Waals surface area contributed by atoms with E-state index in [2.05, 4.69) is 0 Å². The average molecular weight is 338 g/mol. The molecule has 0 fully saturated rings. The van der Waals surface area contributed by atoms with Gasteiger partial charge in [-0.3, -0.25) is 14.9 Å². The number of nitrogens with zero attached hydrogens (tertiary/aromatic N) is 2. The van der Waals surface area contributed by atoms with Crippen LogP contribution in [0.25, 0.3) is 10.9 Å². The number of carbonyl (C=O) groups is 1. The monoisotopic (exact) mass is 338 g/mol. The fourth-order valence-electron chi connectivity index (χ4n) is 2.97. The van der Waals surface area contributed by atoms with Crippen molar-refractivity contribution >= 4 is 22.6 Å². The van der Waals surface area contributed by atoms with Gasteiger partial charge in [0.15, 0.2) is 0 Å². The molecule has 3 aromatic rings. The van der Waals surface area contributed by atoms with Gasteiger partial charge in [-0.2, -0.15) is 0 Å². The molecule has 6 nitrogen and oxygen atoms in total. The average Bonchev–Trinajstić information content (AvgIpc) is 2.93. The molecule has 0 unspecified atom stereocenters. The molecule has 0 atom stereocenters. The Kier molecular flexibility index (Phi) is 4.79. The minimum Gasteiger partial charge on any atom is -0.466 e. The van der Waals surface area contributed by atoms with E-state index in [-0.39, 0.29) is 23.0 Å². The first-order valence-electron chi connectivity index (χ1n) is 8.04. The van der Waals surface area contributed by atoms with Gasteiger partial charge in [0, 0.05) is 28.7 Å². The Morgan fingerprint density at radius 2 is 1.84 bits per heavy atom. The number of carbonyl (C=O) groups excluding carboxylic acids is 1. The molecule has 2 aromatic carbocycles. The number of fused-ring (bicyclic) bond motifs is 1. The maximum Gasteiger partial charge on any atom is 0.310 e. The van der Waals surface area contributed by atoms with E-state index in [1.165, 1.54) is 6.07 Å². The lowest BCUT2D eigenvalue weighted by Crippen LogP contribution is -2.07. The molecule has 0 N–H and O–H groups in total. The van der Waals surface area contributed by atoms with Crippen molar-refractivity contribution < 1.29 is 14.5 Å².